The minimum atomic E-state index is -5.97. The van der Waals surface area contributed by atoms with Crippen LogP contribution in [-0.4, -0.2) is 355 Å². The number of phosphoric ester groups is 2. The van der Waals surface area contributed by atoms with Crippen molar-refractivity contribution in [3.8, 4) is 0 Å². The zero-order valence-corrected chi connectivity index (χ0v) is 87.2. The van der Waals surface area contributed by atoms with E-state index in [1.165, 1.54) is 90.4 Å². The Bertz CT molecular complexity index is 6900. The van der Waals surface area contributed by atoms with Gasteiger partial charge in [0.05, 0.1) is 130 Å². The average molecular weight is 2250 g/mol. The van der Waals surface area contributed by atoms with E-state index < -0.39 is 268 Å². The molecule has 0 aromatic carbocycles. The second-order valence-corrected chi connectivity index (χ2v) is 45.2. The number of phosphoric acid groups is 2. The number of hydrogen-bond acceptors (Lipinski definition) is 51. The third-order valence-electron chi connectivity index (χ3n) is 24.0. The van der Waals surface area contributed by atoms with Gasteiger partial charge in [0.1, 0.15) is 115 Å². The van der Waals surface area contributed by atoms with Crippen LogP contribution in [0.5, 0.6) is 0 Å². The zero-order valence-electron chi connectivity index (χ0n) is 80.3. The van der Waals surface area contributed by atoms with E-state index >= 15 is 9.13 Å². The van der Waals surface area contributed by atoms with Crippen LogP contribution in [-0.2, 0) is 166 Å². The van der Waals surface area contributed by atoms with Crippen molar-refractivity contribution in [1.29, 1.82) is 0 Å². The molecular formula is C77H111N22O41P5S3. The first-order chi connectivity index (χ1) is 70.3. The van der Waals surface area contributed by atoms with Gasteiger partial charge in [0, 0.05) is 77.3 Å². The van der Waals surface area contributed by atoms with Gasteiger partial charge in [0.15, 0.2) is 64.6 Å². The highest BCUT2D eigenvalue weighted by Gasteiger charge is 2.59. The number of H-pyrrole nitrogens is 4. The minimum Gasteiger partial charge on any atom is -0.387 e. The van der Waals surface area contributed by atoms with E-state index in [2.05, 4.69) is 59.8 Å². The number of rotatable bonds is 52. The number of aliphatic hydroxyl groups is 1. The summed E-state index contributed by atoms with van der Waals surface area (Å²) in [6, 6.07) is 0. The number of fused-ring (bicyclic) bond motifs is 3. The van der Waals surface area contributed by atoms with Crippen LogP contribution in [0.25, 0.3) is 33.5 Å². The predicted molar refractivity (Wildman–Crippen MR) is 515 cm³/mol. The Kier molecular flexibility index (Phi) is 37.4. The Hall–Kier alpha value is -8.18. The Balaban J connectivity index is 0.732. The summed E-state index contributed by atoms with van der Waals surface area (Å²) in [5.41, 5.74) is 17.8. The molecule has 28 atom stereocenters. The molecule has 18 N–H and O–H groups in total. The van der Waals surface area contributed by atoms with E-state index in [4.69, 9.17) is 179 Å². The van der Waals surface area contributed by atoms with Crippen LogP contribution >= 0.6 is 35.8 Å². The Labute approximate surface area is 850 Å². The van der Waals surface area contributed by atoms with E-state index in [1.807, 2.05) is 0 Å². The highest BCUT2D eigenvalue weighted by Crippen LogP contribution is 2.58. The van der Waals surface area contributed by atoms with Crippen molar-refractivity contribution >= 4 is 128 Å². The summed E-state index contributed by atoms with van der Waals surface area (Å²) < 4.78 is 195. The molecule has 71 heteroatoms. The molecule has 15 rings (SSSR count). The Morgan fingerprint density at radius 3 is 1.11 bits per heavy atom. The SMILES string of the molecule is CC[C@H]1O[C@@H](n2cc(C)c(=O)[nH]c2=O)CC1OP(O)(=S)OC[C@H]1O[C@@H](n2cnc3c(=O)[nH]c(N)nc32)[C@@H](OCCOC)C1OP(=O)(O)OC[C@H]1O[C@@H](n2cc(C)c(N)nc2=O)[C@@H](OCCOC)C1OP(=O)(O)OC[C@H]1O[C@@H](n2cnc3c(=O)[nH]c(N)nc32)[C@@H](OCCOC)C1OP(O)(=S)OC[C@H]1O[C@@H](n2cnc3c(=O)[nH]c(C)nc32)[C@@H](OCCOC)C1OP(O)(=S)OC[C@H]1O[C@@H](n2cc(C)c(N)nc2=O)[C@@H](OCCOC)C1O. The lowest BCUT2D eigenvalue weighted by atomic mass is 10.1. The molecule has 6 fully saturated rings. The van der Waals surface area contributed by atoms with Crippen molar-refractivity contribution in [1.82, 2.24) is 87.2 Å². The van der Waals surface area contributed by atoms with E-state index in [1.54, 1.807) is 13.8 Å². The smallest absolute Gasteiger partial charge is 0.387 e. The maximum atomic E-state index is 15.5. The molecule has 6 aliphatic rings. The molecule has 6 aliphatic heterocycles. The fraction of sp³-hybridized carbons (Fsp3) is 0.649. The lowest BCUT2D eigenvalue weighted by molar-refractivity contribution is -0.0843. The first kappa shape index (κ1) is 114. The number of methoxy groups -OCH3 is 5. The second kappa shape index (κ2) is 48.6. The van der Waals surface area contributed by atoms with E-state index in [9.17, 15) is 63.1 Å². The minimum absolute atomic E-state index is 0.0346. The third kappa shape index (κ3) is 26.4. The number of aliphatic hydroxyl groups excluding tert-OH is 1. The van der Waals surface area contributed by atoms with E-state index in [0.29, 0.717) is 5.56 Å². The van der Waals surface area contributed by atoms with Crippen molar-refractivity contribution in [2.45, 2.75) is 189 Å². The van der Waals surface area contributed by atoms with Crippen LogP contribution in [0.4, 0.5) is 23.5 Å². The summed E-state index contributed by atoms with van der Waals surface area (Å²) in [6.07, 6.45) is -30.0. The van der Waals surface area contributed by atoms with Crippen LogP contribution in [0.15, 0.2) is 71.1 Å². The maximum Gasteiger partial charge on any atom is 0.472 e. The summed E-state index contributed by atoms with van der Waals surface area (Å²) in [5.74, 6) is -1.04. The predicted octanol–water partition coefficient (Wildman–Crippen LogP) is -2.42. The monoisotopic (exact) mass is 2250 g/mol. The van der Waals surface area contributed by atoms with Crippen LogP contribution in [0.2, 0.25) is 0 Å². The number of aromatic amines is 4. The van der Waals surface area contributed by atoms with Gasteiger partial charge in [0.25, 0.3) is 22.2 Å². The molecule has 9 aromatic rings. The Morgan fingerprint density at radius 1 is 0.385 bits per heavy atom. The van der Waals surface area contributed by atoms with Crippen molar-refractivity contribution in [2.24, 2.45) is 0 Å². The quantitative estimate of drug-likeness (QED) is 0.0139. The van der Waals surface area contributed by atoms with E-state index in [-0.39, 0.29) is 134 Å². The van der Waals surface area contributed by atoms with Crippen LogP contribution in [0.1, 0.15) is 79.6 Å². The van der Waals surface area contributed by atoms with Gasteiger partial charge in [-0.3, -0.25) is 88.7 Å². The largest absolute Gasteiger partial charge is 0.472 e. The first-order valence-corrected chi connectivity index (χ1v) is 55.9. The second-order valence-electron chi connectivity index (χ2n) is 34.0. The van der Waals surface area contributed by atoms with Crippen LogP contribution in [0, 0.1) is 27.7 Å². The van der Waals surface area contributed by atoms with Gasteiger partial charge in [-0.25, -0.2) is 43.4 Å². The van der Waals surface area contributed by atoms with E-state index in [0.717, 1.165) is 30.9 Å². The van der Waals surface area contributed by atoms with Gasteiger partial charge >= 0.3 is 52.9 Å². The number of anilines is 4. The topological polar surface area (TPSA) is 815 Å². The molecule has 148 heavy (non-hydrogen) atoms. The number of nitrogens with zero attached hydrogens (tertiary/aromatic N) is 14. The number of imidazole rings is 3. The van der Waals surface area contributed by atoms with Gasteiger partial charge in [-0.05, 0) is 69.5 Å². The molecule has 0 amide bonds. The van der Waals surface area contributed by atoms with Crippen molar-refractivity contribution in [3.63, 3.8) is 0 Å². The van der Waals surface area contributed by atoms with Crippen molar-refractivity contribution in [2.75, 3.05) is 158 Å². The number of hydrogen-bond donors (Lipinski definition) is 14. The molecule has 0 aliphatic carbocycles. The number of nitrogens with one attached hydrogen (secondary N) is 4. The summed E-state index contributed by atoms with van der Waals surface area (Å²) in [6.45, 7) is -14.1. The Morgan fingerprint density at radius 2 is 0.716 bits per heavy atom. The van der Waals surface area contributed by atoms with Gasteiger partial charge in [-0.15, -0.1) is 0 Å². The maximum absolute atomic E-state index is 15.5. The normalized spacial score (nSPS) is 28.9. The summed E-state index contributed by atoms with van der Waals surface area (Å²) >= 11 is 17.2. The molecule has 9 aromatic heterocycles. The highest BCUT2D eigenvalue weighted by atomic mass is 32.5. The number of nitrogens with two attached hydrogens (primary N) is 4. The summed E-state index contributed by atoms with van der Waals surface area (Å²) in [4.78, 5) is 198. The number of aryl methyl sites for hydroxylation is 4. The summed E-state index contributed by atoms with van der Waals surface area (Å²) in [5, 5.41) is 11.9. The molecule has 15 heterocycles. The molecule has 0 bridgehead atoms. The fourth-order valence-corrected chi connectivity index (χ4v) is 23.3. The third-order valence-corrected chi connectivity index (χ3v) is 30.6. The van der Waals surface area contributed by atoms with Gasteiger partial charge < -0.3 is 151 Å². The molecule has 0 spiro atoms. The van der Waals surface area contributed by atoms with Crippen molar-refractivity contribution in [3.05, 3.63) is 133 Å². The number of ether oxygens (including phenoxy) is 16. The standard InChI is InChI=1S/C77H111N22O41P5S3/c1-11-38-39(22-45(130-38)94-25-36(4)64(101)93-77(94)107)136-143(112,146)128-29-43-51(56(122-19-14-117-8)70(134-43)98-32-83-47-62(98)89-73(80)91-66(47)103)138-141(108,109)125-27-41-50(55(121-18-13-116-7)69(132-41)96-24-35(3)60(79)88-76(96)106)137-142(110,111)126-28-42-52(57(123-20-15-118-9)72(133-42)99-33-84-48-63(99)90-74(81)92-67(48)104)139-145(114,148)129-30-44-53(58(124-21-16-119-10)71(135-44)97-31-82-46-61(97)85-37(5)86-65(46)102)140-144(113,147)127-26-40-49(100)54(120-17-12-115-6)68(131-40)95-23-34(2)59(78)87-75(95)105/h23-25,31-33,38-45,49-58,68-72,100H,11-22,26-30H2,1-10H3,(H,108,109)(H,110,111)(H,112,146)(H,113,147)(H,114,148)(H2,78,87,105)(H2,79,88,106)(H,85,86,102)(H,93,101,107)(H3,80,89,91,103)(H3,81,90,92,104)/t38-,39?,40-,41-,42-,43-,44-,45-,49?,50?,51?,52?,53?,54+,55+,56+,57+,58+,68-,69-,70-,71-,72-,143?,144?,145?/m1/s1. The number of aromatic nitrogens is 18. The fourth-order valence-electron chi connectivity index (χ4n) is 17.0. The van der Waals surface area contributed by atoms with Gasteiger partial charge in [0.2, 0.25) is 11.9 Å². The van der Waals surface area contributed by atoms with Crippen LogP contribution < -0.4 is 62.2 Å². The highest BCUT2D eigenvalue weighted by molar-refractivity contribution is 8.07. The van der Waals surface area contributed by atoms with Crippen molar-refractivity contribution < 1.29 is 160 Å². The molecule has 0 radical (unpaired) electrons. The zero-order chi connectivity index (χ0) is 107. The van der Waals surface area contributed by atoms with Crippen LogP contribution in [0.3, 0.4) is 0 Å². The first-order valence-electron chi connectivity index (χ1n) is 45.2. The lowest BCUT2D eigenvalue weighted by Crippen LogP contribution is -2.41. The van der Waals surface area contributed by atoms with Gasteiger partial charge in [-0.1, -0.05) is 6.92 Å². The average Bonchev–Trinajstić information content (AvgIpc) is 1.62. The molecule has 6 saturated heterocycles. The molecule has 0 saturated carbocycles. The van der Waals surface area contributed by atoms with Gasteiger partial charge in [-0.2, -0.15) is 19.9 Å². The molecule has 11 unspecified atom stereocenters. The molecular weight excluding hydrogens is 2140 g/mol. The molecule has 818 valence electrons. The lowest BCUT2D eigenvalue weighted by Gasteiger charge is -2.30. The number of nitrogen functional groups attached to an aromatic ring is 4. The molecule has 63 nitrogen and oxygen atoms in total. The summed E-state index contributed by atoms with van der Waals surface area (Å²) in [7, 11) is -5.12.